The summed E-state index contributed by atoms with van der Waals surface area (Å²) in [7, 11) is 0. The zero-order valence-corrected chi connectivity index (χ0v) is 20.7. The first-order valence-electron chi connectivity index (χ1n) is 12.9. The van der Waals surface area contributed by atoms with Crippen molar-refractivity contribution in [3.8, 4) is 0 Å². The molecule has 0 spiro atoms. The fourth-order valence-electron chi connectivity index (χ4n) is 3.64. The third-order valence-corrected chi connectivity index (χ3v) is 5.65. The number of rotatable bonds is 21. The minimum absolute atomic E-state index is 0.122. The Bertz CT molecular complexity index is 393. The SMILES string of the molecule is CCCCCCCCN(CCCCCCCC)C(=O)CCC(=O)OCCCC(C)C. The Balaban J connectivity index is 4.21. The average molecular weight is 426 g/mol. The second kappa shape index (κ2) is 21.2. The van der Waals surface area contributed by atoms with Crippen LogP contribution in [0.4, 0.5) is 0 Å². The number of ether oxygens (including phenoxy) is 1. The lowest BCUT2D eigenvalue weighted by Gasteiger charge is -2.23. The smallest absolute Gasteiger partial charge is 0.306 e. The molecule has 0 saturated heterocycles. The summed E-state index contributed by atoms with van der Waals surface area (Å²) in [6, 6.07) is 0. The molecule has 30 heavy (non-hydrogen) atoms. The standard InChI is InChI=1S/C26H51NO3/c1-5-7-9-11-13-15-21-27(22-16-14-12-10-8-6-2)25(28)19-20-26(29)30-23-17-18-24(3)4/h24H,5-23H2,1-4H3. The molecule has 0 aromatic rings. The zero-order chi connectivity index (χ0) is 22.5. The minimum Gasteiger partial charge on any atom is -0.466 e. The lowest BCUT2D eigenvalue weighted by Crippen LogP contribution is -2.33. The van der Waals surface area contributed by atoms with Crippen LogP contribution in [0.1, 0.15) is 130 Å². The normalized spacial score (nSPS) is 11.1. The van der Waals surface area contributed by atoms with E-state index in [2.05, 4.69) is 27.7 Å². The van der Waals surface area contributed by atoms with Gasteiger partial charge in [0.2, 0.25) is 5.91 Å². The first-order chi connectivity index (χ1) is 14.5. The molecule has 0 heterocycles. The third kappa shape index (κ3) is 18.9. The average Bonchev–Trinajstić information content (AvgIpc) is 2.72. The number of hydrogen-bond donors (Lipinski definition) is 0. The largest absolute Gasteiger partial charge is 0.466 e. The second-order valence-corrected chi connectivity index (χ2v) is 9.17. The maximum atomic E-state index is 12.7. The molecule has 178 valence electrons. The highest BCUT2D eigenvalue weighted by Crippen LogP contribution is 2.11. The van der Waals surface area contributed by atoms with Gasteiger partial charge in [-0.05, 0) is 31.6 Å². The molecule has 4 nitrogen and oxygen atoms in total. The molecule has 0 aliphatic carbocycles. The number of amides is 1. The third-order valence-electron chi connectivity index (χ3n) is 5.65. The molecule has 0 saturated carbocycles. The Morgan fingerprint density at radius 2 is 1.20 bits per heavy atom. The van der Waals surface area contributed by atoms with Crippen LogP contribution in [0.15, 0.2) is 0 Å². The van der Waals surface area contributed by atoms with E-state index < -0.39 is 0 Å². The van der Waals surface area contributed by atoms with Crippen LogP contribution in [0.3, 0.4) is 0 Å². The number of hydrogen-bond acceptors (Lipinski definition) is 3. The van der Waals surface area contributed by atoms with Crippen LogP contribution in [-0.4, -0.2) is 36.5 Å². The minimum atomic E-state index is -0.230. The summed E-state index contributed by atoms with van der Waals surface area (Å²) in [6.45, 7) is 11.0. The van der Waals surface area contributed by atoms with Crippen LogP contribution >= 0.6 is 0 Å². The lowest BCUT2D eigenvalue weighted by atomic mass is 10.1. The second-order valence-electron chi connectivity index (χ2n) is 9.17. The fourth-order valence-corrected chi connectivity index (χ4v) is 3.64. The van der Waals surface area contributed by atoms with Crippen molar-refractivity contribution >= 4 is 11.9 Å². The van der Waals surface area contributed by atoms with Gasteiger partial charge in [0.25, 0.3) is 0 Å². The van der Waals surface area contributed by atoms with Gasteiger partial charge in [0, 0.05) is 19.5 Å². The van der Waals surface area contributed by atoms with Crippen molar-refractivity contribution in [2.75, 3.05) is 19.7 Å². The molecule has 0 rings (SSSR count). The predicted octanol–water partition coefficient (Wildman–Crippen LogP) is 7.30. The topological polar surface area (TPSA) is 46.6 Å². The lowest BCUT2D eigenvalue weighted by molar-refractivity contribution is -0.146. The molecular weight excluding hydrogens is 374 g/mol. The molecule has 1 amide bonds. The van der Waals surface area contributed by atoms with Gasteiger partial charge in [0.1, 0.15) is 0 Å². The van der Waals surface area contributed by atoms with Crippen molar-refractivity contribution in [3.05, 3.63) is 0 Å². The van der Waals surface area contributed by atoms with Gasteiger partial charge in [0.15, 0.2) is 0 Å². The van der Waals surface area contributed by atoms with E-state index in [1.165, 1.54) is 64.2 Å². The molecule has 4 heteroatoms. The molecule has 0 aliphatic rings. The summed E-state index contributed by atoms with van der Waals surface area (Å²) in [5.41, 5.74) is 0. The van der Waals surface area contributed by atoms with Crippen molar-refractivity contribution < 1.29 is 14.3 Å². The molecule has 0 N–H and O–H groups in total. The summed E-state index contributed by atoms with van der Waals surface area (Å²) in [5, 5.41) is 0. The van der Waals surface area contributed by atoms with E-state index in [4.69, 9.17) is 4.74 Å². The Morgan fingerprint density at radius 1 is 0.700 bits per heavy atom. The summed E-state index contributed by atoms with van der Waals surface area (Å²) in [6.07, 6.45) is 17.2. The zero-order valence-electron chi connectivity index (χ0n) is 20.7. The van der Waals surface area contributed by atoms with Crippen LogP contribution in [0, 0.1) is 5.92 Å². The van der Waals surface area contributed by atoms with E-state index in [0.29, 0.717) is 12.5 Å². The van der Waals surface area contributed by atoms with Crippen LogP contribution < -0.4 is 0 Å². The van der Waals surface area contributed by atoms with Crippen LogP contribution in [0.25, 0.3) is 0 Å². The molecule has 0 aromatic heterocycles. The highest BCUT2D eigenvalue weighted by atomic mass is 16.5. The van der Waals surface area contributed by atoms with E-state index in [0.717, 1.165) is 38.8 Å². The van der Waals surface area contributed by atoms with Gasteiger partial charge in [-0.2, -0.15) is 0 Å². The van der Waals surface area contributed by atoms with Crippen molar-refractivity contribution in [2.45, 2.75) is 130 Å². The Morgan fingerprint density at radius 3 is 1.70 bits per heavy atom. The highest BCUT2D eigenvalue weighted by molar-refractivity contribution is 5.81. The maximum Gasteiger partial charge on any atom is 0.306 e. The van der Waals surface area contributed by atoms with E-state index >= 15 is 0 Å². The molecule has 0 radical (unpaired) electrons. The van der Waals surface area contributed by atoms with Gasteiger partial charge in [0.05, 0.1) is 13.0 Å². The quantitative estimate of drug-likeness (QED) is 0.143. The van der Waals surface area contributed by atoms with Crippen molar-refractivity contribution in [1.29, 1.82) is 0 Å². The van der Waals surface area contributed by atoms with Gasteiger partial charge in [-0.25, -0.2) is 0 Å². The molecule has 0 aliphatic heterocycles. The van der Waals surface area contributed by atoms with Crippen molar-refractivity contribution in [3.63, 3.8) is 0 Å². The van der Waals surface area contributed by atoms with E-state index in [1.807, 2.05) is 4.90 Å². The maximum absolute atomic E-state index is 12.7. The predicted molar refractivity (Wildman–Crippen MR) is 128 cm³/mol. The summed E-state index contributed by atoms with van der Waals surface area (Å²) in [5.74, 6) is 0.519. The monoisotopic (exact) mass is 425 g/mol. The number of unbranched alkanes of at least 4 members (excludes halogenated alkanes) is 10. The molecule has 0 bridgehead atoms. The molecule has 0 atom stereocenters. The van der Waals surface area contributed by atoms with E-state index in [-0.39, 0.29) is 24.7 Å². The van der Waals surface area contributed by atoms with Crippen molar-refractivity contribution in [2.24, 2.45) is 5.92 Å². The Labute approximate surface area is 187 Å². The summed E-state index contributed by atoms with van der Waals surface area (Å²) >= 11 is 0. The number of esters is 1. The molecule has 0 fully saturated rings. The first kappa shape index (κ1) is 28.9. The Kier molecular flexibility index (Phi) is 20.4. The van der Waals surface area contributed by atoms with Crippen LogP contribution in [0.5, 0.6) is 0 Å². The number of carbonyl (C=O) groups is 2. The van der Waals surface area contributed by atoms with E-state index in [9.17, 15) is 9.59 Å². The molecule has 0 aromatic carbocycles. The molecular formula is C26H51NO3. The Hall–Kier alpha value is -1.06. The van der Waals surface area contributed by atoms with Gasteiger partial charge in [-0.15, -0.1) is 0 Å². The van der Waals surface area contributed by atoms with Crippen LogP contribution in [-0.2, 0) is 14.3 Å². The van der Waals surface area contributed by atoms with Gasteiger partial charge in [-0.3, -0.25) is 9.59 Å². The number of nitrogens with zero attached hydrogens (tertiary/aromatic N) is 1. The fraction of sp³-hybridized carbons (Fsp3) is 0.923. The number of carbonyl (C=O) groups excluding carboxylic acids is 2. The van der Waals surface area contributed by atoms with E-state index in [1.54, 1.807) is 0 Å². The first-order valence-corrected chi connectivity index (χ1v) is 12.9. The van der Waals surface area contributed by atoms with Crippen molar-refractivity contribution in [1.82, 2.24) is 4.90 Å². The summed E-state index contributed by atoms with van der Waals surface area (Å²) in [4.78, 5) is 26.7. The molecule has 0 unspecified atom stereocenters. The van der Waals surface area contributed by atoms with Gasteiger partial charge >= 0.3 is 5.97 Å². The highest BCUT2D eigenvalue weighted by Gasteiger charge is 2.15. The van der Waals surface area contributed by atoms with Crippen LogP contribution in [0.2, 0.25) is 0 Å². The van der Waals surface area contributed by atoms with Gasteiger partial charge < -0.3 is 9.64 Å². The summed E-state index contributed by atoms with van der Waals surface area (Å²) < 4.78 is 5.28. The van der Waals surface area contributed by atoms with Gasteiger partial charge in [-0.1, -0.05) is 91.9 Å².